The van der Waals surface area contributed by atoms with Gasteiger partial charge in [0.1, 0.15) is 0 Å². The van der Waals surface area contributed by atoms with E-state index >= 15 is 0 Å². The molecule has 2 atom stereocenters. The number of rotatable bonds is 6. The molecule has 2 rings (SSSR count). The van der Waals surface area contributed by atoms with E-state index in [1.807, 2.05) is 7.05 Å². The van der Waals surface area contributed by atoms with Crippen molar-refractivity contribution in [2.75, 3.05) is 13.7 Å². The minimum atomic E-state index is -0.179. The van der Waals surface area contributed by atoms with E-state index in [0.717, 1.165) is 13.0 Å². The molecule has 1 aromatic carbocycles. The van der Waals surface area contributed by atoms with Gasteiger partial charge in [0.15, 0.2) is 0 Å². The van der Waals surface area contributed by atoms with E-state index in [9.17, 15) is 0 Å². The van der Waals surface area contributed by atoms with Gasteiger partial charge < -0.3 is 10.1 Å². The molecule has 0 saturated carbocycles. The standard InChI is InChI=1S/C16H23NOS/c1-5-16(3,18-6-2)15(17-4)13-9-7-8-12-10-11-19-14(12)13/h7-11,15,17H,5-6H2,1-4H3. The molecule has 0 amide bonds. The maximum absolute atomic E-state index is 6.05. The fourth-order valence-electron chi connectivity index (χ4n) is 2.75. The minimum Gasteiger partial charge on any atom is -0.374 e. The topological polar surface area (TPSA) is 21.3 Å². The second-order valence-corrected chi connectivity index (χ2v) is 5.92. The lowest BCUT2D eigenvalue weighted by molar-refractivity contribution is -0.0543. The second-order valence-electron chi connectivity index (χ2n) is 5.01. The number of hydrogen-bond donors (Lipinski definition) is 1. The Morgan fingerprint density at radius 3 is 2.74 bits per heavy atom. The first kappa shape index (κ1) is 14.5. The Hall–Kier alpha value is -0.900. The summed E-state index contributed by atoms with van der Waals surface area (Å²) in [6.45, 7) is 7.19. The van der Waals surface area contributed by atoms with Crippen molar-refractivity contribution < 1.29 is 4.74 Å². The van der Waals surface area contributed by atoms with Gasteiger partial charge in [0, 0.05) is 11.3 Å². The van der Waals surface area contributed by atoms with Crippen molar-refractivity contribution in [3.63, 3.8) is 0 Å². The molecule has 2 aromatic rings. The molecule has 1 heterocycles. The van der Waals surface area contributed by atoms with Crippen LogP contribution >= 0.6 is 11.3 Å². The molecule has 104 valence electrons. The van der Waals surface area contributed by atoms with E-state index < -0.39 is 0 Å². The Morgan fingerprint density at radius 1 is 1.32 bits per heavy atom. The average molecular weight is 277 g/mol. The third-order valence-electron chi connectivity index (χ3n) is 3.90. The Morgan fingerprint density at radius 2 is 2.11 bits per heavy atom. The van der Waals surface area contributed by atoms with Crippen molar-refractivity contribution in [3.8, 4) is 0 Å². The van der Waals surface area contributed by atoms with Crippen LogP contribution in [0.15, 0.2) is 29.6 Å². The van der Waals surface area contributed by atoms with Gasteiger partial charge in [0.25, 0.3) is 0 Å². The number of likely N-dealkylation sites (N-methyl/N-ethyl adjacent to an activating group) is 1. The zero-order valence-electron chi connectivity index (χ0n) is 12.2. The molecule has 0 saturated heterocycles. The molecule has 3 heteroatoms. The molecular formula is C16H23NOS. The van der Waals surface area contributed by atoms with Crippen LogP contribution in [0.4, 0.5) is 0 Å². The lowest BCUT2D eigenvalue weighted by Crippen LogP contribution is -2.42. The zero-order chi connectivity index (χ0) is 13.9. The Labute approximate surface area is 119 Å². The van der Waals surface area contributed by atoms with Gasteiger partial charge in [0.05, 0.1) is 11.6 Å². The molecule has 1 N–H and O–H groups in total. The van der Waals surface area contributed by atoms with Crippen LogP contribution < -0.4 is 5.32 Å². The lowest BCUT2D eigenvalue weighted by Gasteiger charge is -2.37. The number of hydrogen-bond acceptors (Lipinski definition) is 3. The molecule has 19 heavy (non-hydrogen) atoms. The van der Waals surface area contributed by atoms with Crippen molar-refractivity contribution in [1.82, 2.24) is 5.32 Å². The van der Waals surface area contributed by atoms with Gasteiger partial charge in [-0.05, 0) is 49.7 Å². The first-order valence-electron chi connectivity index (χ1n) is 6.93. The average Bonchev–Trinajstić information content (AvgIpc) is 2.89. The zero-order valence-corrected chi connectivity index (χ0v) is 13.0. The normalized spacial score (nSPS) is 16.4. The summed E-state index contributed by atoms with van der Waals surface area (Å²) >= 11 is 1.81. The molecule has 0 spiro atoms. The van der Waals surface area contributed by atoms with Crippen molar-refractivity contribution >= 4 is 21.4 Å². The third-order valence-corrected chi connectivity index (χ3v) is 4.88. The van der Waals surface area contributed by atoms with Gasteiger partial charge >= 0.3 is 0 Å². The summed E-state index contributed by atoms with van der Waals surface area (Å²) in [7, 11) is 2.02. The van der Waals surface area contributed by atoms with E-state index in [1.54, 1.807) is 11.3 Å². The van der Waals surface area contributed by atoms with Crippen LogP contribution in [0.3, 0.4) is 0 Å². The highest BCUT2D eigenvalue weighted by Crippen LogP contribution is 2.37. The summed E-state index contributed by atoms with van der Waals surface area (Å²) in [5.74, 6) is 0. The van der Waals surface area contributed by atoms with Crippen molar-refractivity contribution in [2.45, 2.75) is 38.8 Å². The Bertz CT molecular complexity index is 536. The number of nitrogens with one attached hydrogen (secondary N) is 1. The fraction of sp³-hybridized carbons (Fsp3) is 0.500. The number of fused-ring (bicyclic) bond motifs is 1. The molecule has 0 fully saturated rings. The van der Waals surface area contributed by atoms with Crippen LogP contribution in [0.2, 0.25) is 0 Å². The third kappa shape index (κ3) is 2.69. The quantitative estimate of drug-likeness (QED) is 0.846. The molecule has 1 aromatic heterocycles. The van der Waals surface area contributed by atoms with Crippen molar-refractivity contribution in [1.29, 1.82) is 0 Å². The predicted octanol–water partition coefficient (Wildman–Crippen LogP) is 4.37. The summed E-state index contributed by atoms with van der Waals surface area (Å²) in [5, 5.41) is 6.93. The predicted molar refractivity (Wildman–Crippen MR) is 83.9 cm³/mol. The number of ether oxygens (including phenoxy) is 1. The van der Waals surface area contributed by atoms with Crippen LogP contribution in [0.1, 0.15) is 38.8 Å². The summed E-state index contributed by atoms with van der Waals surface area (Å²) in [5.41, 5.74) is 1.16. The molecule has 2 nitrogen and oxygen atoms in total. The summed E-state index contributed by atoms with van der Waals surface area (Å²) in [6.07, 6.45) is 0.980. The highest BCUT2D eigenvalue weighted by Gasteiger charge is 2.34. The maximum atomic E-state index is 6.05. The van der Waals surface area contributed by atoms with Gasteiger partial charge in [0.2, 0.25) is 0 Å². The summed E-state index contributed by atoms with van der Waals surface area (Å²) in [4.78, 5) is 0. The molecule has 0 bridgehead atoms. The van der Waals surface area contributed by atoms with Crippen molar-refractivity contribution in [2.24, 2.45) is 0 Å². The molecule has 0 radical (unpaired) electrons. The highest BCUT2D eigenvalue weighted by atomic mass is 32.1. The van der Waals surface area contributed by atoms with Crippen LogP contribution in [-0.4, -0.2) is 19.3 Å². The fourth-order valence-corrected chi connectivity index (χ4v) is 3.70. The van der Waals surface area contributed by atoms with Gasteiger partial charge in [-0.2, -0.15) is 0 Å². The summed E-state index contributed by atoms with van der Waals surface area (Å²) < 4.78 is 7.42. The summed E-state index contributed by atoms with van der Waals surface area (Å²) in [6, 6.07) is 8.91. The van der Waals surface area contributed by atoms with Gasteiger partial charge in [-0.1, -0.05) is 25.1 Å². The minimum absolute atomic E-state index is 0.179. The smallest absolute Gasteiger partial charge is 0.0845 e. The SMILES string of the molecule is CCOC(C)(CC)C(NC)c1cccc2ccsc12. The van der Waals surface area contributed by atoms with Crippen LogP contribution in [-0.2, 0) is 4.74 Å². The van der Waals surface area contributed by atoms with Gasteiger partial charge in [-0.15, -0.1) is 11.3 Å². The highest BCUT2D eigenvalue weighted by molar-refractivity contribution is 7.17. The first-order chi connectivity index (χ1) is 9.16. The Kier molecular flexibility index (Phi) is 4.61. The van der Waals surface area contributed by atoms with E-state index in [-0.39, 0.29) is 11.6 Å². The van der Waals surface area contributed by atoms with Crippen LogP contribution in [0.5, 0.6) is 0 Å². The first-order valence-corrected chi connectivity index (χ1v) is 7.81. The molecule has 0 aliphatic rings. The lowest BCUT2D eigenvalue weighted by atomic mass is 9.87. The number of thiophene rings is 1. The van der Waals surface area contributed by atoms with Gasteiger partial charge in [-0.25, -0.2) is 0 Å². The molecule has 0 aliphatic heterocycles. The molecule has 2 unspecified atom stereocenters. The van der Waals surface area contributed by atoms with Crippen LogP contribution in [0, 0.1) is 0 Å². The monoisotopic (exact) mass is 277 g/mol. The number of benzene rings is 1. The van der Waals surface area contributed by atoms with Gasteiger partial charge in [-0.3, -0.25) is 0 Å². The van der Waals surface area contributed by atoms with E-state index in [0.29, 0.717) is 0 Å². The molecule has 0 aliphatic carbocycles. The largest absolute Gasteiger partial charge is 0.374 e. The second kappa shape index (κ2) is 6.04. The van der Waals surface area contributed by atoms with Crippen LogP contribution in [0.25, 0.3) is 10.1 Å². The van der Waals surface area contributed by atoms with E-state index in [1.165, 1.54) is 15.6 Å². The van der Waals surface area contributed by atoms with E-state index in [4.69, 9.17) is 4.74 Å². The molecular weight excluding hydrogens is 254 g/mol. The maximum Gasteiger partial charge on any atom is 0.0845 e. The van der Waals surface area contributed by atoms with Crippen molar-refractivity contribution in [3.05, 3.63) is 35.2 Å². The van der Waals surface area contributed by atoms with E-state index in [2.05, 4.69) is 55.7 Å². The Balaban J connectivity index is 2.49.